The van der Waals surface area contributed by atoms with E-state index < -0.39 is 10.0 Å². The summed E-state index contributed by atoms with van der Waals surface area (Å²) in [5.74, 6) is -0.00340. The Hall–Kier alpha value is -0.700. The van der Waals surface area contributed by atoms with Crippen LogP contribution in [-0.2, 0) is 19.6 Å². The van der Waals surface area contributed by atoms with Crippen LogP contribution in [0.2, 0.25) is 0 Å². The molecular weight excluding hydrogens is 270 g/mol. The highest BCUT2D eigenvalue weighted by Crippen LogP contribution is 1.97. The quantitative estimate of drug-likeness (QED) is 0.478. The van der Waals surface area contributed by atoms with Crippen molar-refractivity contribution < 1.29 is 17.9 Å². The van der Waals surface area contributed by atoms with Crippen molar-refractivity contribution in [1.29, 1.82) is 0 Å². The minimum atomic E-state index is -3.13. The minimum absolute atomic E-state index is 0.0965. The molecule has 19 heavy (non-hydrogen) atoms. The highest BCUT2D eigenvalue weighted by atomic mass is 32.2. The summed E-state index contributed by atoms with van der Waals surface area (Å²) >= 11 is 0. The Balaban J connectivity index is 3.61. The van der Waals surface area contributed by atoms with Crippen LogP contribution >= 0.6 is 0 Å². The van der Waals surface area contributed by atoms with Gasteiger partial charge in [-0.3, -0.25) is 4.79 Å². The topological polar surface area (TPSA) is 87.7 Å². The molecule has 1 amide bonds. The van der Waals surface area contributed by atoms with E-state index in [-0.39, 0.29) is 18.2 Å². The summed E-state index contributed by atoms with van der Waals surface area (Å²) in [5.41, 5.74) is 0. The number of rotatable bonds is 11. The molecule has 0 spiro atoms. The fourth-order valence-electron chi connectivity index (χ4n) is 1.33. The highest BCUT2D eigenvalue weighted by molar-refractivity contribution is 7.89. The molecular formula is C11H25N3O4S. The number of amides is 1. The lowest BCUT2D eigenvalue weighted by Crippen LogP contribution is -2.37. The standard InChI is InChI=1S/C11H25N3O4S/c1-4-19(16,17)14(2)8-5-6-13-11(15)10-12-7-9-18-3/h12H,4-10H2,1-3H3,(H,13,15). The van der Waals surface area contributed by atoms with Crippen LogP contribution < -0.4 is 10.6 Å². The molecule has 0 aromatic carbocycles. The smallest absolute Gasteiger partial charge is 0.233 e. The number of hydrogen-bond acceptors (Lipinski definition) is 5. The van der Waals surface area contributed by atoms with Crippen LogP contribution in [0.4, 0.5) is 0 Å². The van der Waals surface area contributed by atoms with E-state index in [0.717, 1.165) is 0 Å². The summed E-state index contributed by atoms with van der Waals surface area (Å²) in [4.78, 5) is 11.4. The van der Waals surface area contributed by atoms with Gasteiger partial charge in [-0.05, 0) is 13.3 Å². The third-order valence-electron chi connectivity index (χ3n) is 2.58. The number of ether oxygens (including phenoxy) is 1. The lowest BCUT2D eigenvalue weighted by atomic mass is 10.4. The summed E-state index contributed by atoms with van der Waals surface area (Å²) in [6.07, 6.45) is 0.597. The maximum atomic E-state index is 11.4. The first-order chi connectivity index (χ1) is 8.94. The molecule has 0 heterocycles. The number of nitrogens with one attached hydrogen (secondary N) is 2. The first kappa shape index (κ1) is 18.3. The van der Waals surface area contributed by atoms with E-state index in [2.05, 4.69) is 10.6 Å². The van der Waals surface area contributed by atoms with Crippen LogP contribution in [0, 0.1) is 0 Å². The van der Waals surface area contributed by atoms with Crippen LogP contribution in [0.3, 0.4) is 0 Å². The Morgan fingerprint density at radius 1 is 1.32 bits per heavy atom. The van der Waals surface area contributed by atoms with Gasteiger partial charge in [-0.15, -0.1) is 0 Å². The maximum Gasteiger partial charge on any atom is 0.233 e. The molecule has 114 valence electrons. The van der Waals surface area contributed by atoms with Crippen molar-refractivity contribution in [3.63, 3.8) is 0 Å². The van der Waals surface area contributed by atoms with E-state index in [4.69, 9.17) is 4.74 Å². The van der Waals surface area contributed by atoms with Gasteiger partial charge in [0.15, 0.2) is 0 Å². The van der Waals surface area contributed by atoms with E-state index in [0.29, 0.717) is 32.7 Å². The molecule has 0 aliphatic carbocycles. The number of methoxy groups -OCH3 is 1. The van der Waals surface area contributed by atoms with Crippen LogP contribution in [0.5, 0.6) is 0 Å². The van der Waals surface area contributed by atoms with Gasteiger partial charge < -0.3 is 15.4 Å². The molecule has 0 aromatic heterocycles. The Bertz CT molecular complexity index is 346. The molecule has 0 bridgehead atoms. The minimum Gasteiger partial charge on any atom is -0.383 e. The van der Waals surface area contributed by atoms with Crippen molar-refractivity contribution in [3.8, 4) is 0 Å². The Morgan fingerprint density at radius 2 is 2.00 bits per heavy atom. The Morgan fingerprint density at radius 3 is 2.58 bits per heavy atom. The molecule has 0 radical (unpaired) electrons. The molecule has 7 nitrogen and oxygen atoms in total. The predicted octanol–water partition coefficient (Wildman–Crippen LogP) is -0.990. The zero-order chi connectivity index (χ0) is 14.7. The molecule has 0 atom stereocenters. The zero-order valence-corrected chi connectivity index (χ0v) is 12.8. The van der Waals surface area contributed by atoms with Crippen molar-refractivity contribution >= 4 is 15.9 Å². The average Bonchev–Trinajstić information content (AvgIpc) is 2.39. The summed E-state index contributed by atoms with van der Waals surface area (Å²) in [6, 6.07) is 0. The van der Waals surface area contributed by atoms with Gasteiger partial charge in [0, 0.05) is 33.8 Å². The van der Waals surface area contributed by atoms with Crippen molar-refractivity contribution in [1.82, 2.24) is 14.9 Å². The van der Waals surface area contributed by atoms with Crippen molar-refractivity contribution in [2.75, 3.05) is 52.7 Å². The molecule has 0 saturated heterocycles. The molecule has 0 aliphatic rings. The van der Waals surface area contributed by atoms with Crippen molar-refractivity contribution in [2.45, 2.75) is 13.3 Å². The second-order valence-electron chi connectivity index (χ2n) is 4.10. The third-order valence-corrected chi connectivity index (χ3v) is 4.44. The summed E-state index contributed by atoms with van der Waals surface area (Å²) in [7, 11) is 0.0234. The van der Waals surface area contributed by atoms with Crippen molar-refractivity contribution in [2.24, 2.45) is 0 Å². The van der Waals surface area contributed by atoms with Gasteiger partial charge in [0.1, 0.15) is 0 Å². The van der Waals surface area contributed by atoms with Gasteiger partial charge in [0.05, 0.1) is 18.9 Å². The summed E-state index contributed by atoms with van der Waals surface area (Å²) in [5, 5.41) is 5.65. The molecule has 0 fully saturated rings. The van der Waals surface area contributed by atoms with Crippen molar-refractivity contribution in [3.05, 3.63) is 0 Å². The van der Waals surface area contributed by atoms with E-state index in [1.54, 1.807) is 21.1 Å². The van der Waals surface area contributed by atoms with Gasteiger partial charge in [0.25, 0.3) is 0 Å². The van der Waals surface area contributed by atoms with Gasteiger partial charge in [-0.25, -0.2) is 12.7 Å². The van der Waals surface area contributed by atoms with E-state index >= 15 is 0 Å². The summed E-state index contributed by atoms with van der Waals surface area (Å²) < 4.78 is 29.0. The molecule has 0 aliphatic heterocycles. The first-order valence-electron chi connectivity index (χ1n) is 6.34. The summed E-state index contributed by atoms with van der Waals surface area (Å²) in [6.45, 7) is 3.92. The fraction of sp³-hybridized carbons (Fsp3) is 0.909. The molecule has 8 heteroatoms. The molecule has 0 unspecified atom stereocenters. The lowest BCUT2D eigenvalue weighted by Gasteiger charge is -2.15. The number of sulfonamides is 1. The zero-order valence-electron chi connectivity index (χ0n) is 11.9. The fourth-order valence-corrected chi connectivity index (χ4v) is 2.18. The second kappa shape index (κ2) is 10.1. The van der Waals surface area contributed by atoms with Gasteiger partial charge in [-0.1, -0.05) is 0 Å². The molecule has 2 N–H and O–H groups in total. The van der Waals surface area contributed by atoms with Crippen LogP contribution in [0.1, 0.15) is 13.3 Å². The maximum absolute atomic E-state index is 11.4. The Labute approximate surface area is 115 Å². The number of carbonyl (C=O) groups excluding carboxylic acids is 1. The monoisotopic (exact) mass is 295 g/mol. The van der Waals surface area contributed by atoms with Gasteiger partial charge in [-0.2, -0.15) is 0 Å². The third kappa shape index (κ3) is 8.93. The Kier molecular flexibility index (Phi) is 9.76. The van der Waals surface area contributed by atoms with E-state index in [1.807, 2.05) is 0 Å². The van der Waals surface area contributed by atoms with E-state index in [1.165, 1.54) is 4.31 Å². The average molecular weight is 295 g/mol. The molecule has 0 rings (SSSR count). The highest BCUT2D eigenvalue weighted by Gasteiger charge is 2.13. The first-order valence-corrected chi connectivity index (χ1v) is 7.95. The lowest BCUT2D eigenvalue weighted by molar-refractivity contribution is -0.120. The number of hydrogen-bond donors (Lipinski definition) is 2. The second-order valence-corrected chi connectivity index (χ2v) is 6.46. The number of carbonyl (C=O) groups is 1. The van der Waals surface area contributed by atoms with Crippen LogP contribution in [-0.4, -0.2) is 71.3 Å². The molecule has 0 aromatic rings. The SMILES string of the molecule is CCS(=O)(=O)N(C)CCCNC(=O)CNCCOC. The van der Waals surface area contributed by atoms with Gasteiger partial charge in [0.2, 0.25) is 15.9 Å². The largest absolute Gasteiger partial charge is 0.383 e. The predicted molar refractivity (Wildman–Crippen MR) is 74.5 cm³/mol. The van der Waals surface area contributed by atoms with Gasteiger partial charge >= 0.3 is 0 Å². The molecule has 0 saturated carbocycles. The van der Waals surface area contributed by atoms with Crippen LogP contribution in [0.15, 0.2) is 0 Å². The normalized spacial score (nSPS) is 11.8. The van der Waals surface area contributed by atoms with Crippen LogP contribution in [0.25, 0.3) is 0 Å². The van der Waals surface area contributed by atoms with E-state index in [9.17, 15) is 13.2 Å². The number of nitrogens with zero attached hydrogens (tertiary/aromatic N) is 1.